The van der Waals surface area contributed by atoms with Gasteiger partial charge in [0.15, 0.2) is 5.54 Å². The highest BCUT2D eigenvalue weighted by atomic mass is 32.1. The topological polar surface area (TPSA) is 61.3 Å². The normalized spacial score (nSPS) is 22.2. The van der Waals surface area contributed by atoms with E-state index in [1.807, 2.05) is 19.2 Å². The Morgan fingerprint density at radius 3 is 2.41 bits per heavy atom. The van der Waals surface area contributed by atoms with E-state index in [0.717, 1.165) is 34.2 Å². The van der Waals surface area contributed by atoms with Crippen molar-refractivity contribution in [3.8, 4) is 0 Å². The van der Waals surface area contributed by atoms with Gasteiger partial charge >= 0.3 is 6.09 Å². The lowest BCUT2D eigenvalue weighted by Crippen LogP contribution is -2.54. The Balaban J connectivity index is 1.54. The zero-order chi connectivity index (χ0) is 26.2. The second-order valence-corrected chi connectivity index (χ2v) is 12.5. The number of fused-ring (bicyclic) bond motifs is 1. The summed E-state index contributed by atoms with van der Waals surface area (Å²) in [5.74, 6) is 0. The molecular weight excluding hydrogens is 502 g/mol. The summed E-state index contributed by atoms with van der Waals surface area (Å²) in [7, 11) is 0. The predicted molar refractivity (Wildman–Crippen MR) is 156 cm³/mol. The number of ether oxygens (including phenoxy) is 1. The summed E-state index contributed by atoms with van der Waals surface area (Å²) < 4.78 is 6.38. The Hall–Kier alpha value is -2.52. The smallest absolute Gasteiger partial charge is 0.409 e. The number of aliphatic imine (C=N–C) groups is 1. The van der Waals surface area contributed by atoms with Gasteiger partial charge in [-0.2, -0.15) is 0 Å². The molecule has 0 bridgehead atoms. The van der Waals surface area contributed by atoms with Gasteiger partial charge in [-0.3, -0.25) is 4.99 Å². The summed E-state index contributed by atoms with van der Waals surface area (Å²) in [6, 6.07) is 4.56. The van der Waals surface area contributed by atoms with Crippen molar-refractivity contribution in [2.75, 3.05) is 50.8 Å². The number of hydrogen-bond donors (Lipinski definition) is 0. The third kappa shape index (κ3) is 5.00. The maximum absolute atomic E-state index is 12.2. The van der Waals surface area contributed by atoms with Crippen molar-refractivity contribution in [2.45, 2.75) is 57.9 Å². The first-order chi connectivity index (χ1) is 17.7. The summed E-state index contributed by atoms with van der Waals surface area (Å²) >= 11 is 7.99. The number of thiazole rings is 1. The number of amides is 1. The van der Waals surface area contributed by atoms with Gasteiger partial charge in [0.25, 0.3) is 0 Å². The van der Waals surface area contributed by atoms with E-state index < -0.39 is 5.54 Å². The molecule has 4 heterocycles. The fraction of sp³-hybridized carbons (Fsp3) is 0.571. The molecule has 3 aliphatic heterocycles. The van der Waals surface area contributed by atoms with Gasteiger partial charge < -0.3 is 19.4 Å². The van der Waals surface area contributed by atoms with Crippen LogP contribution in [-0.4, -0.2) is 78.0 Å². The lowest BCUT2D eigenvalue weighted by Gasteiger charge is -2.41. The summed E-state index contributed by atoms with van der Waals surface area (Å²) in [5, 5.41) is 1.14. The number of anilines is 1. The number of benzene rings is 1. The average molecular weight is 540 g/mol. The van der Waals surface area contributed by atoms with Crippen LogP contribution in [0.4, 0.5) is 10.5 Å². The standard InChI is InChI=1S/C28H37N5O2S2/c1-5-35-26(34)33-16-14-32(15-17-33)25(36)28(10-9-11-29-28)20-18-23-21(30-24(37-23)27(2,3)4)19-22(20)31-12-7-6-8-13-31/h9-11,18-19H,5-8,12-17H2,1-4H3. The van der Waals surface area contributed by atoms with Gasteiger partial charge in [-0.05, 0) is 50.5 Å². The van der Waals surface area contributed by atoms with Gasteiger partial charge in [-0.25, -0.2) is 9.78 Å². The van der Waals surface area contributed by atoms with Crippen LogP contribution in [-0.2, 0) is 15.7 Å². The third-order valence-corrected chi connectivity index (χ3v) is 9.39. The van der Waals surface area contributed by atoms with Crippen LogP contribution in [0.1, 0.15) is 57.5 Å². The summed E-state index contributed by atoms with van der Waals surface area (Å²) in [4.78, 5) is 29.6. The highest BCUT2D eigenvalue weighted by Gasteiger charge is 2.42. The zero-order valence-corrected chi connectivity index (χ0v) is 24.0. The molecule has 5 rings (SSSR count). The number of piperidine rings is 1. The second-order valence-electron chi connectivity index (χ2n) is 11.0. The lowest BCUT2D eigenvalue weighted by molar-refractivity contribution is 0.0917. The van der Waals surface area contributed by atoms with Crippen molar-refractivity contribution in [1.82, 2.24) is 14.8 Å². The van der Waals surface area contributed by atoms with Gasteiger partial charge in [-0.1, -0.05) is 33.0 Å². The molecule has 0 aliphatic carbocycles. The van der Waals surface area contributed by atoms with Gasteiger partial charge in [-0.15, -0.1) is 11.3 Å². The monoisotopic (exact) mass is 539 g/mol. The number of rotatable bonds is 4. The van der Waals surface area contributed by atoms with E-state index in [1.54, 1.807) is 16.2 Å². The van der Waals surface area contributed by atoms with Crippen molar-refractivity contribution >= 4 is 56.8 Å². The lowest BCUT2D eigenvalue weighted by atomic mass is 9.87. The fourth-order valence-corrected chi connectivity index (χ4v) is 6.78. The van der Waals surface area contributed by atoms with Gasteiger partial charge in [0.2, 0.25) is 0 Å². The van der Waals surface area contributed by atoms with Crippen LogP contribution in [0.25, 0.3) is 10.2 Å². The quantitative estimate of drug-likeness (QED) is 0.477. The van der Waals surface area contributed by atoms with Crippen molar-refractivity contribution < 1.29 is 9.53 Å². The molecule has 0 saturated carbocycles. The fourth-order valence-electron chi connectivity index (χ4n) is 5.32. The molecule has 1 amide bonds. The molecule has 7 nitrogen and oxygen atoms in total. The first-order valence-electron chi connectivity index (χ1n) is 13.4. The number of thiocarbonyl (C=S) groups is 1. The minimum atomic E-state index is -0.742. The number of aromatic nitrogens is 1. The second kappa shape index (κ2) is 10.3. The summed E-state index contributed by atoms with van der Waals surface area (Å²) in [5.41, 5.74) is 2.62. The Kier molecular flexibility index (Phi) is 7.29. The molecule has 2 fully saturated rings. The Bertz CT molecular complexity index is 1220. The molecule has 0 N–H and O–H groups in total. The molecule has 1 atom stereocenters. The van der Waals surface area contributed by atoms with Crippen LogP contribution in [0.3, 0.4) is 0 Å². The molecule has 2 saturated heterocycles. The first kappa shape index (κ1) is 26.1. The van der Waals surface area contributed by atoms with Crippen LogP contribution >= 0.6 is 23.6 Å². The number of allylic oxidation sites excluding steroid dienone is 1. The number of piperazine rings is 1. The van der Waals surface area contributed by atoms with E-state index in [2.05, 4.69) is 48.8 Å². The number of carbonyl (C=O) groups excluding carboxylic acids is 1. The SMILES string of the molecule is CCOC(=O)N1CCN(C(=S)C2(c3cc4sc(C(C)(C)C)nc4cc3N3CCCCC3)C=CC=N2)CC1. The molecule has 1 unspecified atom stereocenters. The molecular formula is C28H37N5O2S2. The van der Waals surface area contributed by atoms with E-state index in [-0.39, 0.29) is 11.5 Å². The van der Waals surface area contributed by atoms with Crippen LogP contribution in [0.15, 0.2) is 29.3 Å². The highest BCUT2D eigenvalue weighted by molar-refractivity contribution is 7.80. The van der Waals surface area contributed by atoms with E-state index in [4.69, 9.17) is 26.9 Å². The maximum atomic E-state index is 12.2. The van der Waals surface area contributed by atoms with E-state index >= 15 is 0 Å². The van der Waals surface area contributed by atoms with Crippen LogP contribution in [0.2, 0.25) is 0 Å². The molecule has 198 valence electrons. The van der Waals surface area contributed by atoms with Gasteiger partial charge in [0, 0.05) is 62.1 Å². The molecule has 0 radical (unpaired) electrons. The van der Waals surface area contributed by atoms with Gasteiger partial charge in [0.1, 0.15) is 4.99 Å². The number of carbonyl (C=O) groups is 1. The molecule has 37 heavy (non-hydrogen) atoms. The Morgan fingerprint density at radius 2 is 1.78 bits per heavy atom. The molecule has 9 heteroatoms. The van der Waals surface area contributed by atoms with Crippen LogP contribution in [0, 0.1) is 0 Å². The highest BCUT2D eigenvalue weighted by Crippen LogP contribution is 2.44. The molecule has 0 spiro atoms. The average Bonchev–Trinajstić information content (AvgIpc) is 3.56. The molecule has 2 aromatic rings. The van der Waals surface area contributed by atoms with Gasteiger partial charge in [0.05, 0.1) is 21.8 Å². The van der Waals surface area contributed by atoms with Crippen molar-refractivity contribution in [1.29, 1.82) is 0 Å². The van der Waals surface area contributed by atoms with E-state index in [1.165, 1.54) is 29.6 Å². The van der Waals surface area contributed by atoms with Crippen molar-refractivity contribution in [3.63, 3.8) is 0 Å². The molecule has 1 aromatic heterocycles. The Morgan fingerprint density at radius 1 is 1.08 bits per heavy atom. The number of hydrogen-bond acceptors (Lipinski definition) is 7. The maximum Gasteiger partial charge on any atom is 0.409 e. The molecule has 3 aliphatic rings. The summed E-state index contributed by atoms with van der Waals surface area (Å²) in [6.07, 6.45) is 9.43. The van der Waals surface area contributed by atoms with E-state index in [0.29, 0.717) is 32.8 Å². The van der Waals surface area contributed by atoms with Crippen molar-refractivity contribution in [2.24, 2.45) is 4.99 Å². The first-order valence-corrected chi connectivity index (χ1v) is 14.6. The zero-order valence-electron chi connectivity index (χ0n) is 22.3. The number of nitrogens with zero attached hydrogens (tertiary/aromatic N) is 5. The van der Waals surface area contributed by atoms with Crippen molar-refractivity contribution in [3.05, 3.63) is 34.9 Å². The summed E-state index contributed by atoms with van der Waals surface area (Å²) in [6.45, 7) is 13.4. The minimum absolute atomic E-state index is 0.00780. The third-order valence-electron chi connectivity index (χ3n) is 7.38. The largest absolute Gasteiger partial charge is 0.450 e. The molecule has 1 aromatic carbocycles. The van der Waals surface area contributed by atoms with E-state index in [9.17, 15) is 4.79 Å². The van der Waals surface area contributed by atoms with Crippen LogP contribution < -0.4 is 4.90 Å². The Labute approximate surface area is 229 Å². The van der Waals surface area contributed by atoms with Crippen LogP contribution in [0.5, 0.6) is 0 Å². The minimum Gasteiger partial charge on any atom is -0.450 e. The predicted octanol–water partition coefficient (Wildman–Crippen LogP) is 5.52.